The Morgan fingerprint density at radius 2 is 1.49 bits per heavy atom. The van der Waals surface area contributed by atoms with E-state index in [9.17, 15) is 24.6 Å². The third-order valence-corrected chi connectivity index (χ3v) is 14.5. The van der Waals surface area contributed by atoms with Gasteiger partial charge in [0.15, 0.2) is 6.10 Å². The van der Waals surface area contributed by atoms with Gasteiger partial charge in [0.1, 0.15) is 12.7 Å². The molecule has 0 heterocycles. The van der Waals surface area contributed by atoms with Crippen molar-refractivity contribution in [1.82, 2.24) is 0 Å². The van der Waals surface area contributed by atoms with Crippen molar-refractivity contribution in [2.75, 3.05) is 6.61 Å². The van der Waals surface area contributed by atoms with Crippen LogP contribution in [0.1, 0.15) is 121 Å². The Balaban J connectivity index is 1.67. The predicted molar refractivity (Wildman–Crippen MR) is 179 cm³/mol. The molecular formula is C39H60O8. The Morgan fingerprint density at radius 3 is 2.09 bits per heavy atom. The predicted octanol–water partition coefficient (Wildman–Crippen LogP) is 6.71. The van der Waals surface area contributed by atoms with Crippen molar-refractivity contribution in [2.45, 2.75) is 146 Å². The SMILES string of the molecule is CC(=O)OCC12C(O)CC3(C)C(=CCC4C5(C)CCC(O)C(C)(C)C5CCC43C)C1CC(C)(C)C(OC(=O)C=C(C)C)C2OC(C)=O. The molecule has 11 atom stereocenters. The summed E-state index contributed by atoms with van der Waals surface area (Å²) in [5, 5.41) is 23.7. The molecule has 264 valence electrons. The van der Waals surface area contributed by atoms with Gasteiger partial charge in [-0.3, -0.25) is 9.59 Å². The number of hydrogen-bond donors (Lipinski definition) is 2. The summed E-state index contributed by atoms with van der Waals surface area (Å²) in [6, 6.07) is 0. The maximum atomic E-state index is 13.1. The number of carbonyl (C=O) groups excluding carboxylic acids is 3. The maximum Gasteiger partial charge on any atom is 0.331 e. The molecule has 4 fully saturated rings. The Morgan fingerprint density at radius 1 is 0.830 bits per heavy atom. The number of aliphatic hydroxyl groups excluding tert-OH is 2. The summed E-state index contributed by atoms with van der Waals surface area (Å²) in [4.78, 5) is 38.3. The molecule has 0 spiro atoms. The number of esters is 3. The van der Waals surface area contributed by atoms with E-state index >= 15 is 0 Å². The number of rotatable bonds is 5. The van der Waals surface area contributed by atoms with Crippen molar-refractivity contribution >= 4 is 17.9 Å². The Labute approximate surface area is 282 Å². The first-order valence-electron chi connectivity index (χ1n) is 17.8. The summed E-state index contributed by atoms with van der Waals surface area (Å²) in [6.45, 7) is 21.9. The van der Waals surface area contributed by atoms with Gasteiger partial charge < -0.3 is 24.4 Å². The average Bonchev–Trinajstić information content (AvgIpc) is 2.92. The number of allylic oxidation sites excluding steroid dienone is 3. The highest BCUT2D eigenvalue weighted by Crippen LogP contribution is 2.76. The van der Waals surface area contributed by atoms with Crippen LogP contribution in [0, 0.1) is 50.2 Å². The summed E-state index contributed by atoms with van der Waals surface area (Å²) < 4.78 is 18.1. The first-order valence-corrected chi connectivity index (χ1v) is 17.8. The molecule has 11 unspecified atom stereocenters. The summed E-state index contributed by atoms with van der Waals surface area (Å²) in [6.07, 6.45) is 6.21. The van der Waals surface area contributed by atoms with E-state index in [2.05, 4.69) is 40.7 Å². The minimum absolute atomic E-state index is 0.0360. The van der Waals surface area contributed by atoms with Gasteiger partial charge in [-0.05, 0) is 98.2 Å². The smallest absolute Gasteiger partial charge is 0.331 e. The van der Waals surface area contributed by atoms with Gasteiger partial charge in [-0.1, -0.05) is 65.7 Å². The van der Waals surface area contributed by atoms with E-state index in [1.54, 1.807) is 0 Å². The second-order valence-corrected chi connectivity index (χ2v) is 18.1. The van der Waals surface area contributed by atoms with Crippen LogP contribution in [0.2, 0.25) is 0 Å². The van der Waals surface area contributed by atoms with Crippen LogP contribution >= 0.6 is 0 Å². The molecule has 8 nitrogen and oxygen atoms in total. The van der Waals surface area contributed by atoms with E-state index < -0.39 is 47.0 Å². The second-order valence-electron chi connectivity index (χ2n) is 18.1. The van der Waals surface area contributed by atoms with Gasteiger partial charge in [0, 0.05) is 25.3 Å². The monoisotopic (exact) mass is 656 g/mol. The normalized spacial score (nSPS) is 44.6. The number of carbonyl (C=O) groups is 3. The first-order chi connectivity index (χ1) is 21.6. The highest BCUT2D eigenvalue weighted by Gasteiger charge is 2.73. The molecule has 5 aliphatic rings. The molecule has 0 amide bonds. The van der Waals surface area contributed by atoms with Crippen LogP contribution < -0.4 is 0 Å². The summed E-state index contributed by atoms with van der Waals surface area (Å²) >= 11 is 0. The molecule has 0 aromatic rings. The lowest BCUT2D eigenvalue weighted by atomic mass is 9.33. The van der Waals surface area contributed by atoms with Crippen LogP contribution in [0.3, 0.4) is 0 Å². The van der Waals surface area contributed by atoms with Gasteiger partial charge in [-0.2, -0.15) is 0 Å². The van der Waals surface area contributed by atoms with Gasteiger partial charge in [0.25, 0.3) is 0 Å². The van der Waals surface area contributed by atoms with Crippen LogP contribution in [-0.4, -0.2) is 59.1 Å². The van der Waals surface area contributed by atoms with E-state index in [0.29, 0.717) is 24.7 Å². The van der Waals surface area contributed by atoms with Gasteiger partial charge in [-0.25, -0.2) is 4.79 Å². The van der Waals surface area contributed by atoms with Crippen LogP contribution in [0.15, 0.2) is 23.3 Å². The third kappa shape index (κ3) is 5.34. The molecule has 5 rings (SSSR count). The summed E-state index contributed by atoms with van der Waals surface area (Å²) in [7, 11) is 0. The number of ether oxygens (including phenoxy) is 3. The molecule has 0 saturated heterocycles. The standard InChI is InChI=1S/C39H60O8/c1-22(2)18-31(44)47-32-33(46-24(4)41)39(21-45-23(3)40)26(19-34(32,5)6)25-12-13-28-36(9)16-15-29(42)35(7,8)27(36)14-17-37(28,10)38(25,11)20-30(39)43/h12,18,26-30,32-33,42-43H,13-17,19-21H2,1-11H3. The van der Waals surface area contributed by atoms with Crippen molar-refractivity contribution in [3.63, 3.8) is 0 Å². The van der Waals surface area contributed by atoms with E-state index in [1.807, 2.05) is 27.7 Å². The topological polar surface area (TPSA) is 119 Å². The molecule has 2 N–H and O–H groups in total. The van der Waals surface area contributed by atoms with Crippen molar-refractivity contribution < 1.29 is 38.8 Å². The average molecular weight is 657 g/mol. The Kier molecular flexibility index (Phi) is 8.99. The number of hydrogen-bond acceptors (Lipinski definition) is 8. The Bertz CT molecular complexity index is 1360. The molecule has 5 aliphatic carbocycles. The lowest BCUT2D eigenvalue weighted by Gasteiger charge is -2.72. The largest absolute Gasteiger partial charge is 0.465 e. The fraction of sp³-hybridized carbons (Fsp3) is 0.821. The zero-order valence-electron chi connectivity index (χ0n) is 30.7. The molecule has 0 radical (unpaired) electrons. The molecule has 0 aromatic carbocycles. The van der Waals surface area contributed by atoms with Crippen molar-refractivity contribution in [2.24, 2.45) is 50.2 Å². The lowest BCUT2D eigenvalue weighted by Crippen LogP contribution is -2.72. The van der Waals surface area contributed by atoms with Gasteiger partial charge >= 0.3 is 17.9 Å². The van der Waals surface area contributed by atoms with Crippen LogP contribution in [0.5, 0.6) is 0 Å². The third-order valence-electron chi connectivity index (χ3n) is 14.5. The highest BCUT2D eigenvalue weighted by molar-refractivity contribution is 5.83. The minimum Gasteiger partial charge on any atom is -0.465 e. The van der Waals surface area contributed by atoms with Crippen molar-refractivity contribution in [3.05, 3.63) is 23.3 Å². The molecule has 4 saturated carbocycles. The van der Waals surface area contributed by atoms with Gasteiger partial charge in [0.2, 0.25) is 0 Å². The quantitative estimate of drug-likeness (QED) is 0.145. The van der Waals surface area contributed by atoms with Gasteiger partial charge in [0.05, 0.1) is 17.6 Å². The second kappa shape index (κ2) is 11.7. The zero-order chi connectivity index (χ0) is 35.1. The molecule has 8 heteroatoms. The number of aliphatic hydroxyl groups is 2. The molecule has 0 aromatic heterocycles. The van der Waals surface area contributed by atoms with Crippen LogP contribution in [0.4, 0.5) is 0 Å². The fourth-order valence-corrected chi connectivity index (χ4v) is 12.0. The minimum atomic E-state index is -1.21. The van der Waals surface area contributed by atoms with E-state index in [0.717, 1.165) is 37.7 Å². The molecule has 0 bridgehead atoms. The lowest BCUT2D eigenvalue weighted by molar-refractivity contribution is -0.267. The zero-order valence-corrected chi connectivity index (χ0v) is 30.7. The number of fused-ring (bicyclic) bond motifs is 7. The molecular weight excluding hydrogens is 596 g/mol. The van der Waals surface area contributed by atoms with Gasteiger partial charge in [-0.15, -0.1) is 0 Å². The van der Waals surface area contributed by atoms with Crippen LogP contribution in [0.25, 0.3) is 0 Å². The van der Waals surface area contributed by atoms with E-state index in [4.69, 9.17) is 14.2 Å². The van der Waals surface area contributed by atoms with E-state index in [-0.39, 0.29) is 40.3 Å². The van der Waals surface area contributed by atoms with Crippen molar-refractivity contribution in [3.8, 4) is 0 Å². The highest BCUT2D eigenvalue weighted by atomic mass is 16.6. The fourth-order valence-electron chi connectivity index (χ4n) is 12.0. The maximum absolute atomic E-state index is 13.1. The van der Waals surface area contributed by atoms with Crippen LogP contribution in [-0.2, 0) is 28.6 Å². The van der Waals surface area contributed by atoms with Crippen molar-refractivity contribution in [1.29, 1.82) is 0 Å². The summed E-state index contributed by atoms with van der Waals surface area (Å²) in [5.74, 6) is -1.10. The molecule has 47 heavy (non-hydrogen) atoms. The first kappa shape index (κ1) is 36.1. The molecule has 0 aliphatic heterocycles. The summed E-state index contributed by atoms with van der Waals surface area (Å²) in [5.41, 5.74) is -0.483. The Hall–Kier alpha value is -2.19. The van der Waals surface area contributed by atoms with E-state index in [1.165, 1.54) is 25.5 Å².